The van der Waals surface area contributed by atoms with Crippen LogP contribution in [0.15, 0.2) is 60.7 Å². The lowest BCUT2D eigenvalue weighted by molar-refractivity contribution is -0.114. The Balaban J connectivity index is 1.47. The lowest BCUT2D eigenvalue weighted by atomic mass is 10.1. The first-order valence-corrected chi connectivity index (χ1v) is 10.1. The number of para-hydroxylation sites is 1. The molecule has 0 aliphatic rings. The van der Waals surface area contributed by atoms with Gasteiger partial charge in [0.25, 0.3) is 5.91 Å². The van der Waals surface area contributed by atoms with Gasteiger partial charge in [-0.25, -0.2) is 0 Å². The van der Waals surface area contributed by atoms with E-state index in [-0.39, 0.29) is 17.2 Å². The Morgan fingerprint density at radius 3 is 2.48 bits per heavy atom. The van der Waals surface area contributed by atoms with E-state index in [2.05, 4.69) is 36.3 Å². The summed E-state index contributed by atoms with van der Waals surface area (Å²) in [6.45, 7) is 1.42. The van der Waals surface area contributed by atoms with Crippen LogP contribution in [0, 0.1) is 0 Å². The third kappa shape index (κ3) is 3.81. The van der Waals surface area contributed by atoms with Gasteiger partial charge in [-0.15, -0.1) is 0 Å². The minimum absolute atomic E-state index is 0.111. The van der Waals surface area contributed by atoms with Crippen LogP contribution < -0.4 is 16.0 Å². The van der Waals surface area contributed by atoms with Crippen LogP contribution in [0.4, 0.5) is 23.0 Å². The average molecular weight is 441 g/mol. The number of phenols is 1. The molecule has 5 aromatic rings. The van der Waals surface area contributed by atoms with E-state index in [4.69, 9.17) is 0 Å². The van der Waals surface area contributed by atoms with E-state index in [1.807, 2.05) is 36.4 Å². The standard InChI is InChI=1S/C23H19N7O3/c1-12(31)24-22-20-17(6-4-7-18(20)28-30-22)25-13-9-10-16-15(11-13)21(29-27-16)26-23(33)14-5-2-3-8-19(14)32/h2-11,25,32H,1H3,(H2,24,28,30,31)(H2,26,27,29,33). The molecule has 5 rings (SSSR count). The van der Waals surface area contributed by atoms with Gasteiger partial charge < -0.3 is 21.1 Å². The second-order valence-electron chi connectivity index (χ2n) is 7.41. The van der Waals surface area contributed by atoms with Gasteiger partial charge >= 0.3 is 0 Å². The van der Waals surface area contributed by atoms with Crippen molar-refractivity contribution < 1.29 is 14.7 Å². The number of benzene rings is 3. The van der Waals surface area contributed by atoms with Crippen molar-refractivity contribution in [1.82, 2.24) is 20.4 Å². The molecule has 0 fully saturated rings. The van der Waals surface area contributed by atoms with Crippen molar-refractivity contribution in [1.29, 1.82) is 0 Å². The second kappa shape index (κ2) is 8.00. The summed E-state index contributed by atoms with van der Waals surface area (Å²) < 4.78 is 0. The maximum atomic E-state index is 12.6. The number of rotatable bonds is 5. The zero-order valence-corrected chi connectivity index (χ0v) is 17.4. The van der Waals surface area contributed by atoms with E-state index in [1.165, 1.54) is 19.1 Å². The van der Waals surface area contributed by atoms with Crippen LogP contribution in [0.25, 0.3) is 21.8 Å². The van der Waals surface area contributed by atoms with Crippen LogP contribution in [0.3, 0.4) is 0 Å². The number of aromatic hydroxyl groups is 1. The van der Waals surface area contributed by atoms with Crippen molar-refractivity contribution in [3.05, 3.63) is 66.2 Å². The molecule has 33 heavy (non-hydrogen) atoms. The topological polar surface area (TPSA) is 148 Å². The zero-order valence-electron chi connectivity index (χ0n) is 17.4. The first kappa shape index (κ1) is 20.1. The fourth-order valence-corrected chi connectivity index (χ4v) is 3.62. The van der Waals surface area contributed by atoms with Crippen molar-refractivity contribution >= 4 is 56.6 Å². The Hall–Kier alpha value is -4.86. The Morgan fingerprint density at radius 2 is 1.67 bits per heavy atom. The number of anilines is 4. The Bertz CT molecular complexity index is 1520. The lowest BCUT2D eigenvalue weighted by Crippen LogP contribution is -2.12. The Morgan fingerprint density at radius 1 is 0.879 bits per heavy atom. The molecule has 0 saturated heterocycles. The van der Waals surface area contributed by atoms with E-state index in [0.717, 1.165) is 27.8 Å². The van der Waals surface area contributed by atoms with Gasteiger partial charge in [0.2, 0.25) is 5.91 Å². The molecule has 0 spiro atoms. The SMILES string of the molecule is CC(=O)Nc1n[nH]c2cccc(Nc3ccc4[nH]nc(NC(=O)c5ccccc5O)c4c3)c12. The molecule has 10 nitrogen and oxygen atoms in total. The maximum absolute atomic E-state index is 12.6. The number of phenolic OH excluding ortho intramolecular Hbond substituents is 1. The van der Waals surface area contributed by atoms with Crippen LogP contribution in [0.2, 0.25) is 0 Å². The van der Waals surface area contributed by atoms with Gasteiger partial charge in [-0.1, -0.05) is 18.2 Å². The number of carbonyl (C=O) groups is 2. The van der Waals surface area contributed by atoms with Crippen LogP contribution in [0.5, 0.6) is 5.75 Å². The van der Waals surface area contributed by atoms with Gasteiger partial charge in [0.15, 0.2) is 11.6 Å². The van der Waals surface area contributed by atoms with E-state index >= 15 is 0 Å². The van der Waals surface area contributed by atoms with Gasteiger partial charge in [0, 0.05) is 18.0 Å². The molecule has 0 aliphatic carbocycles. The highest BCUT2D eigenvalue weighted by Gasteiger charge is 2.16. The molecule has 0 radical (unpaired) electrons. The number of hydrogen-bond acceptors (Lipinski definition) is 6. The molecule has 3 aromatic carbocycles. The summed E-state index contributed by atoms with van der Waals surface area (Å²) in [5, 5.41) is 34.4. The molecule has 6 N–H and O–H groups in total. The predicted octanol–water partition coefficient (Wildman–Crippen LogP) is 4.10. The van der Waals surface area contributed by atoms with E-state index in [9.17, 15) is 14.7 Å². The van der Waals surface area contributed by atoms with Gasteiger partial charge in [-0.2, -0.15) is 10.2 Å². The van der Waals surface area contributed by atoms with Crippen molar-refractivity contribution in [3.63, 3.8) is 0 Å². The molecule has 2 aromatic heterocycles. The van der Waals surface area contributed by atoms with Crippen LogP contribution in [-0.4, -0.2) is 37.3 Å². The predicted molar refractivity (Wildman–Crippen MR) is 126 cm³/mol. The second-order valence-corrected chi connectivity index (χ2v) is 7.41. The molecule has 0 atom stereocenters. The third-order valence-corrected chi connectivity index (χ3v) is 5.11. The largest absolute Gasteiger partial charge is 0.507 e. The molecular weight excluding hydrogens is 422 g/mol. The van der Waals surface area contributed by atoms with E-state index in [0.29, 0.717) is 17.0 Å². The number of H-pyrrole nitrogens is 2. The number of amides is 2. The summed E-state index contributed by atoms with van der Waals surface area (Å²) in [5.41, 5.74) is 3.13. The van der Waals surface area contributed by atoms with E-state index < -0.39 is 5.91 Å². The summed E-state index contributed by atoms with van der Waals surface area (Å²) in [6.07, 6.45) is 0. The molecule has 164 valence electrons. The van der Waals surface area contributed by atoms with Gasteiger partial charge in [-0.05, 0) is 42.5 Å². The van der Waals surface area contributed by atoms with Crippen molar-refractivity contribution in [2.75, 3.05) is 16.0 Å². The smallest absolute Gasteiger partial charge is 0.260 e. The summed E-state index contributed by atoms with van der Waals surface area (Å²) in [5.74, 6) is -0.0332. The average Bonchev–Trinajstić information content (AvgIpc) is 3.38. The molecule has 0 saturated carbocycles. The third-order valence-electron chi connectivity index (χ3n) is 5.11. The molecule has 0 unspecified atom stereocenters. The number of nitrogens with zero attached hydrogens (tertiary/aromatic N) is 2. The number of fused-ring (bicyclic) bond motifs is 2. The number of nitrogens with one attached hydrogen (secondary N) is 5. The zero-order chi connectivity index (χ0) is 22.9. The molecular formula is C23H19N7O3. The first-order valence-electron chi connectivity index (χ1n) is 10.1. The summed E-state index contributed by atoms with van der Waals surface area (Å²) in [6, 6.07) is 17.5. The molecule has 10 heteroatoms. The highest BCUT2D eigenvalue weighted by atomic mass is 16.3. The minimum Gasteiger partial charge on any atom is -0.507 e. The lowest BCUT2D eigenvalue weighted by Gasteiger charge is -2.10. The molecule has 0 aliphatic heterocycles. The highest BCUT2D eigenvalue weighted by molar-refractivity contribution is 6.10. The monoisotopic (exact) mass is 441 g/mol. The fraction of sp³-hybridized carbons (Fsp3) is 0.0435. The number of hydrogen-bond donors (Lipinski definition) is 6. The highest BCUT2D eigenvalue weighted by Crippen LogP contribution is 2.33. The Kier molecular flexibility index (Phi) is 4.87. The van der Waals surface area contributed by atoms with Crippen LogP contribution in [-0.2, 0) is 4.79 Å². The molecule has 2 heterocycles. The number of aromatic amines is 2. The summed E-state index contributed by atoms with van der Waals surface area (Å²) in [4.78, 5) is 24.2. The van der Waals surface area contributed by atoms with Crippen molar-refractivity contribution in [2.45, 2.75) is 6.92 Å². The normalized spacial score (nSPS) is 10.9. The molecule has 0 bridgehead atoms. The fourth-order valence-electron chi connectivity index (χ4n) is 3.62. The minimum atomic E-state index is -0.469. The molecule has 2 amide bonds. The van der Waals surface area contributed by atoms with Gasteiger partial charge in [0.1, 0.15) is 5.75 Å². The Labute approximate surface area is 187 Å². The quantitative estimate of drug-likeness (QED) is 0.242. The van der Waals surface area contributed by atoms with Crippen molar-refractivity contribution in [3.8, 4) is 5.75 Å². The summed E-state index contributed by atoms with van der Waals surface area (Å²) >= 11 is 0. The van der Waals surface area contributed by atoms with Gasteiger partial charge in [-0.3, -0.25) is 19.8 Å². The number of carbonyl (C=O) groups excluding carboxylic acids is 2. The van der Waals surface area contributed by atoms with E-state index in [1.54, 1.807) is 12.1 Å². The maximum Gasteiger partial charge on any atom is 0.260 e. The number of aromatic nitrogens is 4. The van der Waals surface area contributed by atoms with Crippen LogP contribution in [0.1, 0.15) is 17.3 Å². The van der Waals surface area contributed by atoms with Crippen molar-refractivity contribution in [2.24, 2.45) is 0 Å². The van der Waals surface area contributed by atoms with Crippen LogP contribution >= 0.6 is 0 Å². The first-order chi connectivity index (χ1) is 16.0. The summed E-state index contributed by atoms with van der Waals surface area (Å²) in [7, 11) is 0. The van der Waals surface area contributed by atoms with Gasteiger partial charge in [0.05, 0.1) is 27.7 Å².